The van der Waals surface area contributed by atoms with E-state index in [0.29, 0.717) is 36.3 Å². The average molecular weight is 442 g/mol. The van der Waals surface area contributed by atoms with E-state index in [1.807, 2.05) is 6.07 Å². The Hall–Kier alpha value is -2.85. The van der Waals surface area contributed by atoms with Crippen LogP contribution in [0.15, 0.2) is 38.6 Å². The lowest BCUT2D eigenvalue weighted by Gasteiger charge is -2.27. The molecular weight excluding hydrogens is 418 g/mol. The monoisotopic (exact) mass is 441 g/mol. The Kier molecular flexibility index (Phi) is 5.41. The maximum Gasteiger partial charge on any atom is 0.336 e. The van der Waals surface area contributed by atoms with Gasteiger partial charge in [-0.2, -0.15) is 0 Å². The third-order valence-electron chi connectivity index (χ3n) is 5.36. The van der Waals surface area contributed by atoms with Crippen LogP contribution in [0.1, 0.15) is 31.4 Å². The maximum absolute atomic E-state index is 12.1. The van der Waals surface area contributed by atoms with Crippen molar-refractivity contribution in [1.29, 1.82) is 0 Å². The first-order valence-electron chi connectivity index (χ1n) is 10.3. The summed E-state index contributed by atoms with van der Waals surface area (Å²) in [7, 11) is 0. The number of hydrogen-bond acceptors (Lipinski definition) is 8. The van der Waals surface area contributed by atoms with E-state index < -0.39 is 5.63 Å². The first-order valence-corrected chi connectivity index (χ1v) is 11.3. The molecule has 1 N–H and O–H groups in total. The van der Waals surface area contributed by atoms with E-state index in [0.717, 1.165) is 48.0 Å². The Morgan fingerprint density at radius 2 is 2.03 bits per heavy atom. The van der Waals surface area contributed by atoms with E-state index in [2.05, 4.69) is 25.0 Å². The lowest BCUT2D eigenvalue weighted by atomic mass is 10.1. The Morgan fingerprint density at radius 3 is 2.77 bits per heavy atom. The van der Waals surface area contributed by atoms with Crippen molar-refractivity contribution in [3.63, 3.8) is 0 Å². The predicted octanol–water partition coefficient (Wildman–Crippen LogP) is 2.81. The number of aromatic nitrogens is 3. The molecule has 2 aromatic heterocycles. The summed E-state index contributed by atoms with van der Waals surface area (Å²) in [4.78, 5) is 25.7. The number of carbonyl (C=O) groups is 1. The van der Waals surface area contributed by atoms with Crippen LogP contribution in [0, 0.1) is 0 Å². The lowest BCUT2D eigenvalue weighted by molar-refractivity contribution is -0.114. The summed E-state index contributed by atoms with van der Waals surface area (Å²) in [5.74, 6) is 1.30. The first kappa shape index (κ1) is 20.1. The normalized spacial score (nSPS) is 16.6. The molecule has 31 heavy (non-hydrogen) atoms. The van der Waals surface area contributed by atoms with Crippen molar-refractivity contribution in [3.8, 4) is 0 Å². The number of fused-ring (bicyclic) bond motifs is 1. The standard InChI is InChI=1S/C21H23N5O4S/c1-13(27)22-15-2-5-17-14(10-19(28)30-18(17)11-15)12-31-21-24-23-20(26(21)16-3-4-16)25-6-8-29-9-7-25/h2,5,10-11,16H,3-4,6-9,12H2,1H3,(H,22,27). The average Bonchev–Trinajstić information content (AvgIpc) is 3.50. The molecule has 1 aliphatic carbocycles. The zero-order valence-corrected chi connectivity index (χ0v) is 18.0. The molecule has 3 heterocycles. The van der Waals surface area contributed by atoms with Crippen molar-refractivity contribution in [2.75, 3.05) is 36.5 Å². The highest BCUT2D eigenvalue weighted by Crippen LogP contribution is 2.41. The molecule has 162 valence electrons. The van der Waals surface area contributed by atoms with Crippen LogP contribution in [-0.4, -0.2) is 47.0 Å². The molecule has 5 rings (SSSR count). The van der Waals surface area contributed by atoms with Crippen molar-refractivity contribution in [1.82, 2.24) is 14.8 Å². The fraction of sp³-hybridized carbons (Fsp3) is 0.429. The molecule has 0 spiro atoms. The Morgan fingerprint density at radius 1 is 1.23 bits per heavy atom. The molecule has 2 aliphatic rings. The first-order chi connectivity index (χ1) is 15.1. The smallest absolute Gasteiger partial charge is 0.336 e. The molecule has 1 saturated carbocycles. The van der Waals surface area contributed by atoms with Crippen LogP contribution in [-0.2, 0) is 15.3 Å². The number of benzene rings is 1. The lowest BCUT2D eigenvalue weighted by Crippen LogP contribution is -2.38. The van der Waals surface area contributed by atoms with E-state index in [1.165, 1.54) is 13.0 Å². The van der Waals surface area contributed by atoms with Crippen molar-refractivity contribution in [3.05, 3.63) is 40.2 Å². The summed E-state index contributed by atoms with van der Waals surface area (Å²) >= 11 is 1.57. The number of amides is 1. The van der Waals surface area contributed by atoms with E-state index in [9.17, 15) is 9.59 Å². The van der Waals surface area contributed by atoms with Gasteiger partial charge in [-0.05, 0) is 30.5 Å². The molecule has 1 saturated heterocycles. The Labute approximate surface area is 182 Å². The fourth-order valence-corrected chi connectivity index (χ4v) is 4.76. The maximum atomic E-state index is 12.1. The molecule has 1 aliphatic heterocycles. The van der Waals surface area contributed by atoms with Gasteiger partial charge in [0.25, 0.3) is 0 Å². The predicted molar refractivity (Wildman–Crippen MR) is 118 cm³/mol. The van der Waals surface area contributed by atoms with Crippen molar-refractivity contribution in [2.24, 2.45) is 0 Å². The molecule has 0 unspecified atom stereocenters. The zero-order chi connectivity index (χ0) is 21.4. The van der Waals surface area contributed by atoms with Crippen LogP contribution < -0.4 is 15.8 Å². The molecule has 9 nitrogen and oxygen atoms in total. The van der Waals surface area contributed by atoms with E-state index in [4.69, 9.17) is 9.15 Å². The number of anilines is 2. The zero-order valence-electron chi connectivity index (χ0n) is 17.2. The van der Waals surface area contributed by atoms with Crippen LogP contribution in [0.5, 0.6) is 0 Å². The molecule has 2 fully saturated rings. The van der Waals surface area contributed by atoms with Crippen LogP contribution in [0.2, 0.25) is 0 Å². The van der Waals surface area contributed by atoms with Gasteiger partial charge in [-0.3, -0.25) is 9.36 Å². The summed E-state index contributed by atoms with van der Waals surface area (Å²) in [6.07, 6.45) is 2.26. The molecule has 3 aromatic rings. The van der Waals surface area contributed by atoms with Crippen molar-refractivity contribution < 1.29 is 13.9 Å². The van der Waals surface area contributed by atoms with Gasteiger partial charge in [-0.1, -0.05) is 11.8 Å². The number of nitrogens with one attached hydrogen (secondary N) is 1. The third-order valence-corrected chi connectivity index (χ3v) is 6.35. The number of rotatable bonds is 6. The van der Waals surface area contributed by atoms with Gasteiger partial charge in [-0.15, -0.1) is 10.2 Å². The van der Waals surface area contributed by atoms with E-state index in [-0.39, 0.29) is 5.91 Å². The molecule has 0 atom stereocenters. The van der Waals surface area contributed by atoms with Gasteiger partial charge in [0.2, 0.25) is 11.9 Å². The van der Waals surface area contributed by atoms with Crippen LogP contribution in [0.3, 0.4) is 0 Å². The molecule has 10 heteroatoms. The SMILES string of the molecule is CC(=O)Nc1ccc2c(CSc3nnc(N4CCOCC4)n3C3CC3)cc(=O)oc2c1. The second-order valence-corrected chi connectivity index (χ2v) is 8.70. The minimum atomic E-state index is -0.416. The minimum absolute atomic E-state index is 0.177. The number of nitrogens with zero attached hydrogens (tertiary/aromatic N) is 4. The summed E-state index contributed by atoms with van der Waals surface area (Å²) in [5, 5.41) is 13.4. The minimum Gasteiger partial charge on any atom is -0.423 e. The number of thioether (sulfide) groups is 1. The highest BCUT2D eigenvalue weighted by atomic mass is 32.2. The van der Waals surface area contributed by atoms with E-state index >= 15 is 0 Å². The number of carbonyl (C=O) groups excluding carboxylic acids is 1. The van der Waals surface area contributed by atoms with Gasteiger partial charge >= 0.3 is 5.63 Å². The summed E-state index contributed by atoms with van der Waals surface area (Å²) < 4.78 is 13.1. The van der Waals surface area contributed by atoms with Gasteiger partial charge in [-0.25, -0.2) is 4.79 Å². The van der Waals surface area contributed by atoms with E-state index in [1.54, 1.807) is 23.9 Å². The Bertz CT molecular complexity index is 1180. The number of morpholine rings is 1. The fourth-order valence-electron chi connectivity index (χ4n) is 3.77. The van der Waals surface area contributed by atoms with Crippen LogP contribution >= 0.6 is 11.8 Å². The molecule has 0 radical (unpaired) electrons. The summed E-state index contributed by atoms with van der Waals surface area (Å²) in [6.45, 7) is 4.47. The number of hydrogen-bond donors (Lipinski definition) is 1. The third kappa shape index (κ3) is 4.31. The largest absolute Gasteiger partial charge is 0.423 e. The van der Waals surface area contributed by atoms with Gasteiger partial charge in [0, 0.05) is 55.0 Å². The second kappa shape index (κ2) is 8.35. The number of ether oxygens (including phenoxy) is 1. The topological polar surface area (TPSA) is 102 Å². The van der Waals surface area contributed by atoms with Gasteiger partial charge in [0.1, 0.15) is 5.58 Å². The Balaban J connectivity index is 1.41. The highest BCUT2D eigenvalue weighted by Gasteiger charge is 2.32. The van der Waals surface area contributed by atoms with Gasteiger partial charge in [0.05, 0.1) is 13.2 Å². The highest BCUT2D eigenvalue weighted by molar-refractivity contribution is 7.98. The van der Waals surface area contributed by atoms with Gasteiger partial charge in [0.15, 0.2) is 5.16 Å². The second-order valence-electron chi connectivity index (χ2n) is 7.75. The van der Waals surface area contributed by atoms with Gasteiger partial charge < -0.3 is 19.4 Å². The molecule has 1 amide bonds. The van der Waals surface area contributed by atoms with Crippen LogP contribution in [0.4, 0.5) is 11.6 Å². The molecule has 0 bridgehead atoms. The summed E-state index contributed by atoms with van der Waals surface area (Å²) in [6, 6.07) is 7.31. The molecular formula is C21H23N5O4S. The van der Waals surface area contributed by atoms with Crippen molar-refractivity contribution >= 4 is 40.3 Å². The quantitative estimate of drug-likeness (QED) is 0.460. The van der Waals surface area contributed by atoms with Crippen LogP contribution in [0.25, 0.3) is 11.0 Å². The van der Waals surface area contributed by atoms with Crippen molar-refractivity contribution in [2.45, 2.75) is 36.7 Å². The molecule has 1 aromatic carbocycles. The summed E-state index contributed by atoms with van der Waals surface area (Å²) in [5.41, 5.74) is 1.49.